The second kappa shape index (κ2) is 6.28. The van der Waals surface area contributed by atoms with Crippen LogP contribution < -0.4 is 0 Å². The molecule has 0 aromatic heterocycles. The fraction of sp³-hybridized carbons (Fsp3) is 0.818. The molecular formula is C11H20. The maximum absolute atomic E-state index is 3.26. The van der Waals surface area contributed by atoms with Crippen molar-refractivity contribution in [1.82, 2.24) is 0 Å². The molecule has 0 aromatic carbocycles. The lowest BCUT2D eigenvalue weighted by Gasteiger charge is -2.05. The fourth-order valence-corrected chi connectivity index (χ4v) is 1.14. The average Bonchev–Trinajstić information content (AvgIpc) is 1.86. The van der Waals surface area contributed by atoms with Crippen molar-refractivity contribution < 1.29 is 0 Å². The molecule has 0 aliphatic carbocycles. The van der Waals surface area contributed by atoms with Gasteiger partial charge in [0.1, 0.15) is 0 Å². The van der Waals surface area contributed by atoms with E-state index in [0.29, 0.717) is 5.92 Å². The molecule has 0 N–H and O–H groups in total. The molecule has 1 unspecified atom stereocenters. The molecule has 0 nitrogen and oxygen atoms in total. The summed E-state index contributed by atoms with van der Waals surface area (Å²) in [4.78, 5) is 0. The number of unbranched alkanes of at least 4 members (excludes halogenated alkanes) is 1. The van der Waals surface area contributed by atoms with Crippen LogP contribution in [-0.4, -0.2) is 0 Å². The van der Waals surface area contributed by atoms with Gasteiger partial charge >= 0.3 is 0 Å². The van der Waals surface area contributed by atoms with E-state index >= 15 is 0 Å². The molecule has 0 rings (SSSR count). The van der Waals surface area contributed by atoms with Gasteiger partial charge in [0.15, 0.2) is 0 Å². The Morgan fingerprint density at radius 2 is 1.82 bits per heavy atom. The van der Waals surface area contributed by atoms with Gasteiger partial charge in [-0.3, -0.25) is 0 Å². The van der Waals surface area contributed by atoms with Gasteiger partial charge in [-0.2, -0.15) is 0 Å². The third-order valence-corrected chi connectivity index (χ3v) is 1.55. The summed E-state index contributed by atoms with van der Waals surface area (Å²) in [7, 11) is 0. The Balaban J connectivity index is 3.52. The topological polar surface area (TPSA) is 0 Å². The first-order chi connectivity index (χ1) is 5.16. The van der Waals surface area contributed by atoms with Gasteiger partial charge in [-0.1, -0.05) is 27.7 Å². The van der Waals surface area contributed by atoms with Crippen LogP contribution in [0.4, 0.5) is 0 Å². The Bertz CT molecular complexity index is 134. The van der Waals surface area contributed by atoms with Gasteiger partial charge in [-0.25, -0.2) is 0 Å². The Hall–Kier alpha value is -0.440. The van der Waals surface area contributed by atoms with Crippen LogP contribution in [0.25, 0.3) is 0 Å². The smallest absolute Gasteiger partial charge is 0.0177 e. The van der Waals surface area contributed by atoms with Gasteiger partial charge in [0, 0.05) is 12.3 Å². The molecule has 0 radical (unpaired) electrons. The van der Waals surface area contributed by atoms with Crippen molar-refractivity contribution in [2.75, 3.05) is 0 Å². The summed E-state index contributed by atoms with van der Waals surface area (Å²) >= 11 is 0. The van der Waals surface area contributed by atoms with Crippen LogP contribution in [0.5, 0.6) is 0 Å². The van der Waals surface area contributed by atoms with E-state index in [2.05, 4.69) is 39.5 Å². The van der Waals surface area contributed by atoms with Crippen molar-refractivity contribution in [1.29, 1.82) is 0 Å². The zero-order valence-corrected chi connectivity index (χ0v) is 8.28. The number of hydrogen-bond acceptors (Lipinski definition) is 0. The van der Waals surface area contributed by atoms with Gasteiger partial charge in [-0.05, 0) is 18.8 Å². The van der Waals surface area contributed by atoms with E-state index in [1.807, 2.05) is 0 Å². The van der Waals surface area contributed by atoms with Crippen LogP contribution in [0.3, 0.4) is 0 Å². The third-order valence-electron chi connectivity index (χ3n) is 1.55. The molecule has 0 heteroatoms. The van der Waals surface area contributed by atoms with Crippen LogP contribution in [0.1, 0.15) is 47.0 Å². The van der Waals surface area contributed by atoms with Crippen LogP contribution in [0.15, 0.2) is 0 Å². The molecule has 64 valence electrons. The largest absolute Gasteiger partial charge is 0.103 e. The van der Waals surface area contributed by atoms with Crippen molar-refractivity contribution in [3.05, 3.63) is 0 Å². The molecule has 0 spiro atoms. The van der Waals surface area contributed by atoms with E-state index in [9.17, 15) is 0 Å². The van der Waals surface area contributed by atoms with Crippen molar-refractivity contribution in [3.63, 3.8) is 0 Å². The SMILES string of the molecule is CCCC#CC(C)CC(C)C. The van der Waals surface area contributed by atoms with E-state index in [0.717, 1.165) is 12.3 Å². The highest BCUT2D eigenvalue weighted by Crippen LogP contribution is 2.09. The van der Waals surface area contributed by atoms with Gasteiger partial charge < -0.3 is 0 Å². The van der Waals surface area contributed by atoms with E-state index in [1.54, 1.807) is 0 Å². The first-order valence-corrected chi connectivity index (χ1v) is 4.65. The normalized spacial score (nSPS) is 12.5. The van der Waals surface area contributed by atoms with Crippen LogP contribution >= 0.6 is 0 Å². The molecule has 0 aliphatic rings. The van der Waals surface area contributed by atoms with Gasteiger partial charge in [0.05, 0.1) is 0 Å². The molecular weight excluding hydrogens is 132 g/mol. The zero-order chi connectivity index (χ0) is 8.69. The van der Waals surface area contributed by atoms with E-state index in [-0.39, 0.29) is 0 Å². The summed E-state index contributed by atoms with van der Waals surface area (Å²) < 4.78 is 0. The standard InChI is InChI=1S/C11H20/c1-5-6-7-8-11(4)9-10(2)3/h10-11H,5-6,9H2,1-4H3. The summed E-state index contributed by atoms with van der Waals surface area (Å²) in [5, 5.41) is 0. The maximum Gasteiger partial charge on any atom is 0.0177 e. The molecule has 11 heavy (non-hydrogen) atoms. The number of hydrogen-bond donors (Lipinski definition) is 0. The van der Waals surface area contributed by atoms with Crippen LogP contribution in [0.2, 0.25) is 0 Å². The predicted molar refractivity (Wildman–Crippen MR) is 51.3 cm³/mol. The highest BCUT2D eigenvalue weighted by molar-refractivity contribution is 5.02. The minimum atomic E-state index is 0.585. The predicted octanol–water partition coefficient (Wildman–Crippen LogP) is 3.47. The summed E-state index contributed by atoms with van der Waals surface area (Å²) in [6.45, 7) is 8.88. The fourth-order valence-electron chi connectivity index (χ4n) is 1.14. The third kappa shape index (κ3) is 7.46. The van der Waals surface area contributed by atoms with Crippen molar-refractivity contribution in [2.45, 2.75) is 47.0 Å². The van der Waals surface area contributed by atoms with Gasteiger partial charge in [0.25, 0.3) is 0 Å². The molecule has 0 saturated heterocycles. The molecule has 0 fully saturated rings. The van der Waals surface area contributed by atoms with E-state index in [4.69, 9.17) is 0 Å². The monoisotopic (exact) mass is 152 g/mol. The lowest BCUT2D eigenvalue weighted by molar-refractivity contribution is 0.513. The lowest BCUT2D eigenvalue weighted by atomic mass is 9.99. The Morgan fingerprint density at radius 3 is 2.27 bits per heavy atom. The van der Waals surface area contributed by atoms with Gasteiger partial charge in [-0.15, -0.1) is 11.8 Å². The summed E-state index contributed by atoms with van der Waals surface area (Å²) in [6, 6.07) is 0. The molecule has 0 aliphatic heterocycles. The quantitative estimate of drug-likeness (QED) is 0.543. The minimum absolute atomic E-state index is 0.585. The first-order valence-electron chi connectivity index (χ1n) is 4.65. The highest BCUT2D eigenvalue weighted by Gasteiger charge is 1.99. The molecule has 0 heterocycles. The average molecular weight is 152 g/mol. The Kier molecular flexibility index (Phi) is 6.03. The summed E-state index contributed by atoms with van der Waals surface area (Å²) in [6.07, 6.45) is 3.47. The highest BCUT2D eigenvalue weighted by atomic mass is 14.0. The van der Waals surface area contributed by atoms with Crippen LogP contribution in [-0.2, 0) is 0 Å². The molecule has 0 aromatic rings. The van der Waals surface area contributed by atoms with Crippen LogP contribution in [0, 0.1) is 23.7 Å². The second-order valence-corrected chi connectivity index (χ2v) is 3.60. The van der Waals surface area contributed by atoms with Gasteiger partial charge in [0.2, 0.25) is 0 Å². The molecule has 0 saturated carbocycles. The zero-order valence-electron chi connectivity index (χ0n) is 8.28. The molecule has 1 atom stereocenters. The molecule has 0 amide bonds. The lowest BCUT2D eigenvalue weighted by Crippen LogP contribution is -1.96. The second-order valence-electron chi connectivity index (χ2n) is 3.60. The van der Waals surface area contributed by atoms with E-state index in [1.165, 1.54) is 12.8 Å². The summed E-state index contributed by atoms with van der Waals surface area (Å²) in [5.41, 5.74) is 0. The van der Waals surface area contributed by atoms with E-state index < -0.39 is 0 Å². The Morgan fingerprint density at radius 1 is 1.18 bits per heavy atom. The molecule has 0 bridgehead atoms. The summed E-state index contributed by atoms with van der Waals surface area (Å²) in [5.74, 6) is 7.82. The number of rotatable bonds is 3. The maximum atomic E-state index is 3.26. The minimum Gasteiger partial charge on any atom is -0.103 e. The first kappa shape index (κ1) is 10.6. The van der Waals surface area contributed by atoms with Crippen molar-refractivity contribution in [2.24, 2.45) is 11.8 Å². The van der Waals surface area contributed by atoms with Crippen molar-refractivity contribution >= 4 is 0 Å². The Labute approximate surface area is 71.4 Å². The van der Waals surface area contributed by atoms with Crippen molar-refractivity contribution in [3.8, 4) is 11.8 Å².